The lowest BCUT2D eigenvalue weighted by molar-refractivity contribution is -0.121. The van der Waals surface area contributed by atoms with Crippen LogP contribution in [0, 0.1) is 0 Å². The molecule has 1 heterocycles. The molecule has 2 aromatic carbocycles. The Morgan fingerprint density at radius 2 is 1.78 bits per heavy atom. The number of hydrogen-bond acceptors (Lipinski definition) is 3. The second-order valence-corrected chi connectivity index (χ2v) is 6.23. The summed E-state index contributed by atoms with van der Waals surface area (Å²) >= 11 is 0. The molecule has 3 rings (SSSR count). The largest absolute Gasteiger partial charge is 0.399 e. The standard InChI is InChI=1S/C20H24N4O.2ClH/c1-24-18-10-5-4-9-17(18)23-19(24)11-6-14-22-20(25)13-12-15-7-2-3-8-16(15)21;;/h2-5,7-10H,6,11-14,21H2,1H3,(H,22,25);2*1H. The lowest BCUT2D eigenvalue weighted by atomic mass is 10.1. The molecule has 146 valence electrons. The Balaban J connectivity index is 0.00000182. The molecule has 5 nitrogen and oxygen atoms in total. The van der Waals surface area contributed by atoms with E-state index in [4.69, 9.17) is 5.73 Å². The Bertz CT molecular complexity index is 879. The maximum Gasteiger partial charge on any atom is 0.220 e. The summed E-state index contributed by atoms with van der Waals surface area (Å²) in [5.41, 5.74) is 9.83. The van der Waals surface area contributed by atoms with Crippen molar-refractivity contribution in [2.45, 2.75) is 25.7 Å². The van der Waals surface area contributed by atoms with E-state index in [1.807, 2.05) is 49.5 Å². The van der Waals surface area contributed by atoms with Crippen molar-refractivity contribution < 1.29 is 4.79 Å². The number of nitrogens with zero attached hydrogens (tertiary/aromatic N) is 2. The molecule has 7 heteroatoms. The number of aromatic nitrogens is 2. The molecule has 0 aliphatic carbocycles. The first-order chi connectivity index (χ1) is 12.1. The highest BCUT2D eigenvalue weighted by Crippen LogP contribution is 2.15. The van der Waals surface area contributed by atoms with Crippen LogP contribution in [0.3, 0.4) is 0 Å². The number of rotatable bonds is 7. The third-order valence-corrected chi connectivity index (χ3v) is 4.46. The van der Waals surface area contributed by atoms with Crippen molar-refractivity contribution >= 4 is 47.4 Å². The minimum atomic E-state index is 0. The number of nitrogen functional groups attached to an aromatic ring is 1. The summed E-state index contributed by atoms with van der Waals surface area (Å²) < 4.78 is 2.12. The van der Waals surface area contributed by atoms with Gasteiger partial charge in [-0.05, 0) is 36.6 Å². The number of benzene rings is 2. The molecule has 1 amide bonds. The summed E-state index contributed by atoms with van der Waals surface area (Å²) in [7, 11) is 2.04. The smallest absolute Gasteiger partial charge is 0.220 e. The molecule has 0 saturated carbocycles. The lowest BCUT2D eigenvalue weighted by Crippen LogP contribution is -2.25. The van der Waals surface area contributed by atoms with E-state index in [1.165, 1.54) is 0 Å². The van der Waals surface area contributed by atoms with Gasteiger partial charge in [0, 0.05) is 32.1 Å². The SMILES string of the molecule is Cl.Cl.Cn1c(CCCNC(=O)CCc2ccccc2N)nc2ccccc21. The van der Waals surface area contributed by atoms with Gasteiger partial charge >= 0.3 is 0 Å². The molecule has 1 aromatic heterocycles. The fourth-order valence-electron chi connectivity index (χ4n) is 2.99. The van der Waals surface area contributed by atoms with Crippen molar-refractivity contribution in [2.75, 3.05) is 12.3 Å². The number of halogens is 2. The van der Waals surface area contributed by atoms with Crippen molar-refractivity contribution in [3.05, 3.63) is 59.9 Å². The summed E-state index contributed by atoms with van der Waals surface area (Å²) in [5.74, 6) is 1.11. The highest BCUT2D eigenvalue weighted by atomic mass is 35.5. The summed E-state index contributed by atoms with van der Waals surface area (Å²) in [6.07, 6.45) is 2.84. The van der Waals surface area contributed by atoms with E-state index >= 15 is 0 Å². The maximum absolute atomic E-state index is 12.0. The Morgan fingerprint density at radius 1 is 1.07 bits per heavy atom. The van der Waals surface area contributed by atoms with E-state index in [0.29, 0.717) is 19.4 Å². The average molecular weight is 409 g/mol. The van der Waals surface area contributed by atoms with Gasteiger partial charge in [-0.25, -0.2) is 4.98 Å². The zero-order valence-electron chi connectivity index (χ0n) is 15.4. The Kier molecular flexibility index (Phi) is 9.12. The number of para-hydroxylation sites is 3. The molecule has 0 unspecified atom stereocenters. The topological polar surface area (TPSA) is 72.9 Å². The van der Waals surface area contributed by atoms with E-state index in [-0.39, 0.29) is 30.7 Å². The number of hydrogen-bond donors (Lipinski definition) is 2. The predicted octanol–water partition coefficient (Wildman–Crippen LogP) is 3.68. The van der Waals surface area contributed by atoms with Gasteiger partial charge in [-0.1, -0.05) is 30.3 Å². The van der Waals surface area contributed by atoms with Crippen LogP contribution < -0.4 is 11.1 Å². The van der Waals surface area contributed by atoms with Gasteiger partial charge in [0.25, 0.3) is 0 Å². The van der Waals surface area contributed by atoms with Gasteiger partial charge < -0.3 is 15.6 Å². The molecule has 3 N–H and O–H groups in total. The predicted molar refractivity (Wildman–Crippen MR) is 116 cm³/mol. The number of aryl methyl sites for hydroxylation is 3. The molecule has 0 saturated heterocycles. The average Bonchev–Trinajstić information content (AvgIpc) is 2.94. The van der Waals surface area contributed by atoms with E-state index in [1.54, 1.807) is 0 Å². The zero-order chi connectivity index (χ0) is 17.6. The van der Waals surface area contributed by atoms with Crippen LogP contribution in [0.15, 0.2) is 48.5 Å². The Labute approximate surface area is 172 Å². The van der Waals surface area contributed by atoms with Gasteiger partial charge in [0.05, 0.1) is 11.0 Å². The number of amides is 1. The van der Waals surface area contributed by atoms with Crippen molar-refractivity contribution in [3.8, 4) is 0 Å². The minimum Gasteiger partial charge on any atom is -0.399 e. The number of nitrogens with one attached hydrogen (secondary N) is 1. The molecular weight excluding hydrogens is 383 g/mol. The number of nitrogens with two attached hydrogens (primary N) is 1. The van der Waals surface area contributed by atoms with E-state index in [0.717, 1.165) is 41.0 Å². The number of carbonyl (C=O) groups is 1. The quantitative estimate of drug-likeness (QED) is 0.462. The van der Waals surface area contributed by atoms with E-state index in [2.05, 4.69) is 20.9 Å². The maximum atomic E-state index is 12.0. The van der Waals surface area contributed by atoms with Crippen molar-refractivity contribution in [1.82, 2.24) is 14.9 Å². The van der Waals surface area contributed by atoms with Crippen molar-refractivity contribution in [2.24, 2.45) is 7.05 Å². The molecule has 0 aliphatic heterocycles. The van der Waals surface area contributed by atoms with Gasteiger partial charge in [-0.15, -0.1) is 24.8 Å². The molecule has 0 atom stereocenters. The molecule has 27 heavy (non-hydrogen) atoms. The zero-order valence-corrected chi connectivity index (χ0v) is 17.0. The van der Waals surface area contributed by atoms with Gasteiger partial charge in [0.2, 0.25) is 5.91 Å². The molecule has 0 fully saturated rings. The molecular formula is C20H26Cl2N4O. The Hall–Kier alpha value is -2.24. The molecule has 3 aromatic rings. The lowest BCUT2D eigenvalue weighted by Gasteiger charge is -2.07. The van der Waals surface area contributed by atoms with Crippen LogP contribution in [0.5, 0.6) is 0 Å². The number of fused-ring (bicyclic) bond motifs is 1. The van der Waals surface area contributed by atoms with Gasteiger partial charge in [-0.2, -0.15) is 0 Å². The summed E-state index contributed by atoms with van der Waals surface area (Å²) in [5, 5.41) is 2.98. The summed E-state index contributed by atoms with van der Waals surface area (Å²) in [4.78, 5) is 16.6. The van der Waals surface area contributed by atoms with Gasteiger partial charge in [0.15, 0.2) is 0 Å². The van der Waals surface area contributed by atoms with Crippen LogP contribution in [-0.2, 0) is 24.7 Å². The highest BCUT2D eigenvalue weighted by Gasteiger charge is 2.07. The van der Waals surface area contributed by atoms with E-state index < -0.39 is 0 Å². The van der Waals surface area contributed by atoms with Crippen LogP contribution in [0.2, 0.25) is 0 Å². The van der Waals surface area contributed by atoms with E-state index in [9.17, 15) is 4.79 Å². The molecule has 0 spiro atoms. The molecule has 0 bridgehead atoms. The molecule has 0 aliphatic rings. The number of anilines is 1. The van der Waals surface area contributed by atoms with Crippen LogP contribution in [0.4, 0.5) is 5.69 Å². The van der Waals surface area contributed by atoms with Gasteiger partial charge in [-0.3, -0.25) is 4.79 Å². The second kappa shape index (κ2) is 10.8. The fourth-order valence-corrected chi connectivity index (χ4v) is 2.99. The summed E-state index contributed by atoms with van der Waals surface area (Å²) in [6.45, 7) is 0.659. The Morgan fingerprint density at radius 3 is 2.52 bits per heavy atom. The van der Waals surface area contributed by atoms with Crippen LogP contribution in [-0.4, -0.2) is 22.0 Å². The van der Waals surface area contributed by atoms with Crippen LogP contribution in [0.1, 0.15) is 24.2 Å². The second-order valence-electron chi connectivity index (χ2n) is 6.23. The number of imidazole rings is 1. The first-order valence-electron chi connectivity index (χ1n) is 8.65. The first kappa shape index (κ1) is 22.8. The third kappa shape index (κ3) is 5.88. The third-order valence-electron chi connectivity index (χ3n) is 4.46. The van der Waals surface area contributed by atoms with Crippen molar-refractivity contribution in [3.63, 3.8) is 0 Å². The minimum absolute atomic E-state index is 0. The molecule has 0 radical (unpaired) electrons. The monoisotopic (exact) mass is 408 g/mol. The van der Waals surface area contributed by atoms with Crippen LogP contribution >= 0.6 is 24.8 Å². The first-order valence-corrected chi connectivity index (χ1v) is 8.65. The summed E-state index contributed by atoms with van der Waals surface area (Å²) in [6, 6.07) is 15.8. The number of carbonyl (C=O) groups excluding carboxylic acids is 1. The van der Waals surface area contributed by atoms with Crippen LogP contribution in [0.25, 0.3) is 11.0 Å². The van der Waals surface area contributed by atoms with Gasteiger partial charge in [0.1, 0.15) is 5.82 Å². The normalized spacial score (nSPS) is 10.1. The van der Waals surface area contributed by atoms with Crippen molar-refractivity contribution in [1.29, 1.82) is 0 Å². The fraction of sp³-hybridized carbons (Fsp3) is 0.300. The highest BCUT2D eigenvalue weighted by molar-refractivity contribution is 5.85.